The molecule has 0 saturated heterocycles. The lowest BCUT2D eigenvalue weighted by molar-refractivity contribution is 0.869. The van der Waals surface area contributed by atoms with Crippen LogP contribution in [-0.4, -0.2) is 9.78 Å². The van der Waals surface area contributed by atoms with E-state index in [4.69, 9.17) is 0 Å². The van der Waals surface area contributed by atoms with Gasteiger partial charge in [-0.05, 0) is 39.0 Å². The van der Waals surface area contributed by atoms with Crippen molar-refractivity contribution in [2.45, 2.75) is 20.8 Å². The summed E-state index contributed by atoms with van der Waals surface area (Å²) in [5.41, 5.74) is 6.98. The predicted octanol–water partition coefficient (Wildman–Crippen LogP) is 4.46. The van der Waals surface area contributed by atoms with Crippen LogP contribution >= 0.6 is 0 Å². The molecule has 0 aliphatic rings. The summed E-state index contributed by atoms with van der Waals surface area (Å²) in [6.45, 7) is 6.23. The van der Waals surface area contributed by atoms with Gasteiger partial charge in [0.1, 0.15) is 0 Å². The van der Waals surface area contributed by atoms with Crippen molar-refractivity contribution in [2.24, 2.45) is 0 Å². The van der Waals surface area contributed by atoms with Crippen LogP contribution in [0, 0.1) is 20.8 Å². The Bertz CT molecular complexity index is 656. The van der Waals surface area contributed by atoms with Gasteiger partial charge in [-0.2, -0.15) is 5.10 Å². The fraction of sp³-hybridized carbons (Fsp3) is 0.167. The molecule has 0 radical (unpaired) electrons. The topological polar surface area (TPSA) is 17.8 Å². The zero-order valence-corrected chi connectivity index (χ0v) is 12.1. The third-order valence-corrected chi connectivity index (χ3v) is 3.46. The largest absolute Gasteiger partial charge is 0.233 e. The maximum absolute atomic E-state index is 4.63. The van der Waals surface area contributed by atoms with Crippen molar-refractivity contribution in [3.63, 3.8) is 0 Å². The molecule has 1 heterocycles. The molecule has 0 amide bonds. The van der Waals surface area contributed by atoms with Crippen molar-refractivity contribution in [3.05, 3.63) is 71.4 Å². The predicted molar refractivity (Wildman–Crippen MR) is 83.2 cm³/mol. The summed E-state index contributed by atoms with van der Waals surface area (Å²) in [5.74, 6) is 0. The van der Waals surface area contributed by atoms with E-state index in [2.05, 4.69) is 73.5 Å². The number of hydrogen-bond acceptors (Lipinski definition) is 1. The minimum atomic E-state index is 1.03. The second-order valence-corrected chi connectivity index (χ2v) is 5.28. The SMILES string of the molecule is Cc1ccc(-c2cc(C)nn2-c2ccc(C)cc2)cc1. The lowest BCUT2D eigenvalue weighted by Crippen LogP contribution is -1.99. The minimum absolute atomic E-state index is 1.03. The van der Waals surface area contributed by atoms with E-state index >= 15 is 0 Å². The molecule has 0 saturated carbocycles. The second kappa shape index (κ2) is 4.97. The number of aryl methyl sites for hydroxylation is 3. The van der Waals surface area contributed by atoms with Gasteiger partial charge in [0.25, 0.3) is 0 Å². The Hall–Kier alpha value is -2.35. The van der Waals surface area contributed by atoms with Gasteiger partial charge in [0.15, 0.2) is 0 Å². The van der Waals surface area contributed by atoms with E-state index in [0.717, 1.165) is 17.1 Å². The Morgan fingerprint density at radius 3 is 1.90 bits per heavy atom. The molecule has 0 unspecified atom stereocenters. The Balaban J connectivity index is 2.12. The second-order valence-electron chi connectivity index (χ2n) is 5.28. The molecule has 0 aliphatic heterocycles. The maximum Gasteiger partial charge on any atom is 0.0743 e. The van der Waals surface area contributed by atoms with Crippen LogP contribution in [0.3, 0.4) is 0 Å². The van der Waals surface area contributed by atoms with Crippen LogP contribution in [0.4, 0.5) is 0 Å². The number of nitrogens with zero attached hydrogens (tertiary/aromatic N) is 2. The third kappa shape index (κ3) is 2.37. The maximum atomic E-state index is 4.63. The fourth-order valence-electron chi connectivity index (χ4n) is 2.31. The van der Waals surface area contributed by atoms with Crippen molar-refractivity contribution in [3.8, 4) is 16.9 Å². The van der Waals surface area contributed by atoms with Crippen LogP contribution in [0.5, 0.6) is 0 Å². The summed E-state index contributed by atoms with van der Waals surface area (Å²) < 4.78 is 2.01. The standard InChI is InChI=1S/C18H18N2/c1-13-4-8-16(9-5-13)18-12-15(3)19-20(18)17-10-6-14(2)7-11-17/h4-12H,1-3H3. The first-order valence-corrected chi connectivity index (χ1v) is 6.84. The van der Waals surface area contributed by atoms with Crippen LogP contribution in [0.25, 0.3) is 16.9 Å². The molecular weight excluding hydrogens is 244 g/mol. The lowest BCUT2D eigenvalue weighted by atomic mass is 10.1. The van der Waals surface area contributed by atoms with Gasteiger partial charge in [-0.15, -0.1) is 0 Å². The zero-order valence-electron chi connectivity index (χ0n) is 12.1. The van der Waals surface area contributed by atoms with Crippen molar-refractivity contribution >= 4 is 0 Å². The average Bonchev–Trinajstić information content (AvgIpc) is 2.82. The minimum Gasteiger partial charge on any atom is -0.233 e. The van der Waals surface area contributed by atoms with Gasteiger partial charge in [-0.25, -0.2) is 4.68 Å². The van der Waals surface area contributed by atoms with E-state index in [-0.39, 0.29) is 0 Å². The molecule has 0 fully saturated rings. The Kier molecular flexibility index (Phi) is 3.15. The van der Waals surface area contributed by atoms with E-state index < -0.39 is 0 Å². The molecular formula is C18H18N2. The van der Waals surface area contributed by atoms with E-state index in [1.165, 1.54) is 16.7 Å². The molecule has 0 aliphatic carbocycles. The van der Waals surface area contributed by atoms with Gasteiger partial charge in [-0.3, -0.25) is 0 Å². The van der Waals surface area contributed by atoms with Crippen molar-refractivity contribution in [2.75, 3.05) is 0 Å². The highest BCUT2D eigenvalue weighted by atomic mass is 15.3. The number of hydrogen-bond donors (Lipinski definition) is 0. The highest BCUT2D eigenvalue weighted by Gasteiger charge is 2.09. The number of benzene rings is 2. The molecule has 1 aromatic heterocycles. The van der Waals surface area contributed by atoms with E-state index in [0.29, 0.717) is 0 Å². The van der Waals surface area contributed by atoms with Crippen molar-refractivity contribution < 1.29 is 0 Å². The Morgan fingerprint density at radius 2 is 1.30 bits per heavy atom. The number of rotatable bonds is 2. The smallest absolute Gasteiger partial charge is 0.0743 e. The summed E-state index contributed by atoms with van der Waals surface area (Å²) in [4.78, 5) is 0. The Labute approximate surface area is 119 Å². The van der Waals surface area contributed by atoms with Crippen LogP contribution in [0.1, 0.15) is 16.8 Å². The summed E-state index contributed by atoms with van der Waals surface area (Å²) in [7, 11) is 0. The summed E-state index contributed by atoms with van der Waals surface area (Å²) in [5, 5.41) is 4.63. The normalized spacial score (nSPS) is 10.8. The molecule has 0 bridgehead atoms. The summed E-state index contributed by atoms with van der Waals surface area (Å²) >= 11 is 0. The number of aromatic nitrogens is 2. The molecule has 3 aromatic rings. The molecule has 20 heavy (non-hydrogen) atoms. The van der Waals surface area contributed by atoms with Crippen LogP contribution < -0.4 is 0 Å². The highest BCUT2D eigenvalue weighted by Crippen LogP contribution is 2.24. The average molecular weight is 262 g/mol. The molecule has 2 heteroatoms. The van der Waals surface area contributed by atoms with Gasteiger partial charge in [0, 0.05) is 5.56 Å². The highest BCUT2D eigenvalue weighted by molar-refractivity contribution is 5.63. The fourth-order valence-corrected chi connectivity index (χ4v) is 2.31. The molecule has 3 rings (SSSR count). The summed E-state index contributed by atoms with van der Waals surface area (Å²) in [6, 6.07) is 19.2. The van der Waals surface area contributed by atoms with Gasteiger partial charge in [-0.1, -0.05) is 47.5 Å². The first kappa shape index (κ1) is 12.7. The van der Waals surface area contributed by atoms with Gasteiger partial charge in [0.2, 0.25) is 0 Å². The van der Waals surface area contributed by atoms with Crippen LogP contribution in [0.2, 0.25) is 0 Å². The van der Waals surface area contributed by atoms with Crippen LogP contribution in [0.15, 0.2) is 54.6 Å². The lowest BCUT2D eigenvalue weighted by Gasteiger charge is -2.08. The molecule has 2 aromatic carbocycles. The third-order valence-electron chi connectivity index (χ3n) is 3.46. The van der Waals surface area contributed by atoms with E-state index in [1.807, 2.05) is 11.6 Å². The molecule has 100 valence electrons. The quantitative estimate of drug-likeness (QED) is 0.666. The summed E-state index contributed by atoms with van der Waals surface area (Å²) in [6.07, 6.45) is 0. The van der Waals surface area contributed by atoms with Crippen molar-refractivity contribution in [1.82, 2.24) is 9.78 Å². The molecule has 2 nitrogen and oxygen atoms in total. The Morgan fingerprint density at radius 1 is 0.750 bits per heavy atom. The van der Waals surface area contributed by atoms with Gasteiger partial charge in [0.05, 0.1) is 17.1 Å². The first-order valence-electron chi connectivity index (χ1n) is 6.84. The first-order chi connectivity index (χ1) is 9.63. The van der Waals surface area contributed by atoms with E-state index in [1.54, 1.807) is 0 Å². The molecule has 0 spiro atoms. The van der Waals surface area contributed by atoms with Crippen molar-refractivity contribution in [1.29, 1.82) is 0 Å². The van der Waals surface area contributed by atoms with Gasteiger partial charge < -0.3 is 0 Å². The van der Waals surface area contributed by atoms with Gasteiger partial charge >= 0.3 is 0 Å². The monoisotopic (exact) mass is 262 g/mol. The molecule has 0 N–H and O–H groups in total. The van der Waals surface area contributed by atoms with Crippen LogP contribution in [-0.2, 0) is 0 Å². The zero-order chi connectivity index (χ0) is 14.1. The van der Waals surface area contributed by atoms with E-state index in [9.17, 15) is 0 Å². The molecule has 0 atom stereocenters.